The van der Waals surface area contributed by atoms with Crippen LogP contribution in [0.15, 0.2) is 0 Å². The molecule has 0 aliphatic rings. The van der Waals surface area contributed by atoms with Crippen LogP contribution in [0.5, 0.6) is 0 Å². The lowest BCUT2D eigenvalue weighted by atomic mass is 10.2. The molecule has 14 heavy (non-hydrogen) atoms. The quantitative estimate of drug-likeness (QED) is 0.629. The Labute approximate surface area is 87.3 Å². The van der Waals surface area contributed by atoms with E-state index in [1.54, 1.807) is 0 Å². The molecule has 0 aromatic heterocycles. The van der Waals surface area contributed by atoms with E-state index in [1.165, 1.54) is 0 Å². The molecular formula is C9H18N2O2P-. The minimum absolute atomic E-state index is 0.00287. The van der Waals surface area contributed by atoms with Gasteiger partial charge in [0.05, 0.1) is 31.1 Å². The van der Waals surface area contributed by atoms with E-state index in [0.717, 1.165) is 0 Å². The zero-order chi connectivity index (χ0) is 11.4. The van der Waals surface area contributed by atoms with Gasteiger partial charge in [0.15, 0.2) is 0 Å². The third kappa shape index (κ3) is 2.65. The predicted octanol–water partition coefficient (Wildman–Crippen LogP) is 0.481. The fourth-order valence-electron chi connectivity index (χ4n) is 1.80. The molecule has 0 amide bonds. The van der Waals surface area contributed by atoms with Gasteiger partial charge in [-0.3, -0.25) is 0 Å². The van der Waals surface area contributed by atoms with Gasteiger partial charge in [0, 0.05) is 0 Å². The molecule has 0 saturated carbocycles. The number of nitriles is 1. The highest BCUT2D eigenvalue weighted by Gasteiger charge is 2.32. The van der Waals surface area contributed by atoms with Crippen molar-refractivity contribution in [2.45, 2.75) is 46.2 Å². The van der Waals surface area contributed by atoms with Crippen molar-refractivity contribution < 1.29 is 14.0 Å². The van der Waals surface area contributed by atoms with E-state index >= 15 is 0 Å². The molecule has 5 heteroatoms. The molecule has 0 unspecified atom stereocenters. The van der Waals surface area contributed by atoms with Crippen molar-refractivity contribution in [3.05, 3.63) is 0 Å². The average Bonchev–Trinajstić information content (AvgIpc) is 2.03. The van der Waals surface area contributed by atoms with Gasteiger partial charge in [0.2, 0.25) is 0 Å². The molecule has 0 atom stereocenters. The van der Waals surface area contributed by atoms with E-state index in [9.17, 15) is 9.79 Å². The molecule has 0 fully saturated rings. The number of rotatable bonds is 5. The first-order valence-corrected chi connectivity index (χ1v) is 5.91. The molecule has 0 N–H and O–H groups in total. The van der Waals surface area contributed by atoms with E-state index in [4.69, 9.17) is 5.26 Å². The van der Waals surface area contributed by atoms with Crippen LogP contribution in [0.2, 0.25) is 0 Å². The van der Waals surface area contributed by atoms with Crippen LogP contribution in [0.4, 0.5) is 0 Å². The van der Waals surface area contributed by atoms with Gasteiger partial charge in [-0.1, -0.05) is 8.53 Å². The van der Waals surface area contributed by atoms with Crippen molar-refractivity contribution in [1.82, 2.24) is 0 Å². The second-order valence-electron chi connectivity index (χ2n) is 3.94. The Morgan fingerprint density at radius 3 is 1.86 bits per heavy atom. The first-order valence-electron chi connectivity index (χ1n) is 4.78. The number of hydrogen-bond acceptors (Lipinski definition) is 3. The van der Waals surface area contributed by atoms with E-state index in [0.29, 0.717) is 6.54 Å². The van der Waals surface area contributed by atoms with Crippen molar-refractivity contribution in [1.29, 1.82) is 5.26 Å². The van der Waals surface area contributed by atoms with Gasteiger partial charge >= 0.3 is 0 Å². The van der Waals surface area contributed by atoms with Crippen LogP contribution >= 0.6 is 8.53 Å². The molecular weight excluding hydrogens is 199 g/mol. The van der Waals surface area contributed by atoms with E-state index in [1.807, 2.05) is 33.8 Å². The molecule has 0 saturated heterocycles. The summed E-state index contributed by atoms with van der Waals surface area (Å²) in [5.74, 6) is 0. The summed E-state index contributed by atoms with van der Waals surface area (Å²) in [4.78, 5) is 22.6. The van der Waals surface area contributed by atoms with Crippen LogP contribution in [0.25, 0.3) is 0 Å². The van der Waals surface area contributed by atoms with Gasteiger partial charge in [0.1, 0.15) is 0 Å². The molecule has 0 aliphatic carbocycles. The van der Waals surface area contributed by atoms with Gasteiger partial charge in [-0.15, -0.1) is 0 Å². The minimum atomic E-state index is -2.55. The smallest absolute Gasteiger partial charge is 0.0916 e. The average molecular weight is 217 g/mol. The highest BCUT2D eigenvalue weighted by Crippen LogP contribution is 2.39. The van der Waals surface area contributed by atoms with Crippen molar-refractivity contribution in [2.75, 3.05) is 6.54 Å². The minimum Gasteiger partial charge on any atom is -0.794 e. The second kappa shape index (κ2) is 5.63. The van der Waals surface area contributed by atoms with Crippen LogP contribution in [0.1, 0.15) is 34.1 Å². The van der Waals surface area contributed by atoms with Crippen molar-refractivity contribution in [3.63, 3.8) is 0 Å². The predicted molar refractivity (Wildman–Crippen MR) is 52.5 cm³/mol. The van der Waals surface area contributed by atoms with Gasteiger partial charge in [-0.2, -0.15) is 5.26 Å². The highest BCUT2D eigenvalue weighted by atomic mass is 31.2. The summed E-state index contributed by atoms with van der Waals surface area (Å²) in [6.07, 6.45) is 0.277. The SMILES string of the molecule is CC(C)[N+](CCC#N)(C(C)C)P([O-])[O-]. The number of hydrogen-bond donors (Lipinski definition) is 0. The third-order valence-corrected chi connectivity index (χ3v) is 4.41. The zero-order valence-electron chi connectivity index (χ0n) is 9.23. The second-order valence-corrected chi connectivity index (χ2v) is 5.16. The normalized spacial score (nSPS) is 12.6. The Kier molecular flexibility index (Phi) is 5.54. The Morgan fingerprint density at radius 1 is 1.21 bits per heavy atom. The molecule has 0 spiro atoms. The Morgan fingerprint density at radius 2 is 1.64 bits per heavy atom. The fraction of sp³-hybridized carbons (Fsp3) is 0.889. The van der Waals surface area contributed by atoms with Crippen LogP contribution in [-0.2, 0) is 0 Å². The van der Waals surface area contributed by atoms with E-state index < -0.39 is 8.53 Å². The Balaban J connectivity index is 4.87. The molecule has 0 radical (unpaired) electrons. The first kappa shape index (κ1) is 13.8. The summed E-state index contributed by atoms with van der Waals surface area (Å²) in [7, 11) is -2.55. The molecule has 0 aromatic carbocycles. The van der Waals surface area contributed by atoms with Crippen molar-refractivity contribution in [3.8, 4) is 6.07 Å². The molecule has 0 aromatic rings. The lowest BCUT2D eigenvalue weighted by Crippen LogP contribution is -2.58. The number of quaternary nitrogens is 1. The summed E-state index contributed by atoms with van der Waals surface area (Å²) in [6.45, 7) is 7.89. The van der Waals surface area contributed by atoms with E-state index in [-0.39, 0.29) is 22.8 Å². The standard InChI is InChI=1S/C9H18N2O2P/c1-8(2)11(9(3)4,14(12)13)7-5-6-10/h8-9H,5,7H2,1-4H3/q-1. The van der Waals surface area contributed by atoms with Crippen LogP contribution in [0.3, 0.4) is 0 Å². The maximum absolute atomic E-state index is 11.3. The topological polar surface area (TPSA) is 69.9 Å². The molecule has 0 bridgehead atoms. The zero-order valence-corrected chi connectivity index (χ0v) is 10.1. The summed E-state index contributed by atoms with van der Waals surface area (Å²) < 4.78 is 0.00287. The fourth-order valence-corrected chi connectivity index (χ4v) is 2.82. The maximum Gasteiger partial charge on any atom is 0.0916 e. The highest BCUT2D eigenvalue weighted by molar-refractivity contribution is 7.35. The summed E-state index contributed by atoms with van der Waals surface area (Å²) in [6, 6.07) is 1.99. The molecule has 0 heterocycles. The summed E-state index contributed by atoms with van der Waals surface area (Å²) in [5.41, 5.74) is 0. The first-order chi connectivity index (χ1) is 6.39. The lowest BCUT2D eigenvalue weighted by Gasteiger charge is -2.57. The van der Waals surface area contributed by atoms with Gasteiger partial charge in [0.25, 0.3) is 0 Å². The molecule has 0 rings (SSSR count). The van der Waals surface area contributed by atoms with Crippen molar-refractivity contribution >= 4 is 8.53 Å². The Hall–Kier alpha value is -0.200. The van der Waals surface area contributed by atoms with Gasteiger partial charge in [-0.05, 0) is 27.7 Å². The van der Waals surface area contributed by atoms with Crippen LogP contribution < -0.4 is 9.79 Å². The van der Waals surface area contributed by atoms with Crippen molar-refractivity contribution in [2.24, 2.45) is 0 Å². The maximum atomic E-state index is 11.3. The van der Waals surface area contributed by atoms with Crippen LogP contribution in [-0.4, -0.2) is 22.9 Å². The molecule has 82 valence electrons. The largest absolute Gasteiger partial charge is 0.794 e. The molecule has 4 nitrogen and oxygen atoms in total. The van der Waals surface area contributed by atoms with Crippen LogP contribution in [0, 0.1) is 11.3 Å². The molecule has 0 aliphatic heterocycles. The Bertz CT molecular complexity index is 190. The number of nitrogens with zero attached hydrogens (tertiary/aromatic N) is 2. The van der Waals surface area contributed by atoms with Gasteiger partial charge in [-0.25, -0.2) is 0 Å². The third-order valence-electron chi connectivity index (χ3n) is 2.67. The lowest BCUT2D eigenvalue weighted by molar-refractivity contribution is -0.882. The summed E-state index contributed by atoms with van der Waals surface area (Å²) >= 11 is 0. The van der Waals surface area contributed by atoms with Gasteiger partial charge < -0.3 is 14.0 Å². The summed E-state index contributed by atoms with van der Waals surface area (Å²) in [5, 5.41) is 8.52. The van der Waals surface area contributed by atoms with E-state index in [2.05, 4.69) is 0 Å². The monoisotopic (exact) mass is 217 g/mol.